The number of anilines is 1. The molecule has 0 bridgehead atoms. The number of primary amides is 2. The highest BCUT2D eigenvalue weighted by molar-refractivity contribution is 5.96. The zero-order valence-electron chi connectivity index (χ0n) is 34.2. The van der Waals surface area contributed by atoms with Crippen LogP contribution < -0.4 is 27.0 Å². The maximum Gasteiger partial charge on any atom is 0.405 e. The minimum Gasteiger partial charge on any atom is -0.465 e. The first-order chi connectivity index (χ1) is 28.1. The molecule has 2 aliphatic heterocycles. The Labute approximate surface area is 345 Å². The van der Waals surface area contributed by atoms with Gasteiger partial charge >= 0.3 is 12.2 Å². The summed E-state index contributed by atoms with van der Waals surface area (Å²) in [5, 5.41) is 23.7. The summed E-state index contributed by atoms with van der Waals surface area (Å²) in [6.45, 7) is 8.75. The van der Waals surface area contributed by atoms with Crippen LogP contribution in [0, 0.1) is 11.8 Å². The number of hydrogen-bond acceptors (Lipinski definition) is 7. The van der Waals surface area contributed by atoms with Gasteiger partial charge in [0.25, 0.3) is 0 Å². The first-order valence-electron chi connectivity index (χ1n) is 20.3. The van der Waals surface area contributed by atoms with Gasteiger partial charge in [-0.15, -0.1) is 0 Å². The number of nitrogens with one attached hydrogen (secondary N) is 2. The topological polar surface area (TPSA) is 229 Å². The van der Waals surface area contributed by atoms with Gasteiger partial charge in [0, 0.05) is 31.9 Å². The Hall–Kier alpha value is -6.12. The highest BCUT2D eigenvalue weighted by Crippen LogP contribution is 2.42. The monoisotopic (exact) mass is 811 g/mol. The lowest BCUT2D eigenvalue weighted by atomic mass is 9.84. The molecule has 3 aromatic rings. The van der Waals surface area contributed by atoms with E-state index in [-0.39, 0.29) is 24.9 Å². The molecule has 0 aliphatic carbocycles. The highest BCUT2D eigenvalue weighted by Gasteiger charge is 2.53. The van der Waals surface area contributed by atoms with Crippen LogP contribution in [0.3, 0.4) is 0 Å². The number of benzene rings is 3. The van der Waals surface area contributed by atoms with Gasteiger partial charge in [-0.05, 0) is 71.9 Å². The fourth-order valence-electron chi connectivity index (χ4n) is 8.69. The van der Waals surface area contributed by atoms with Gasteiger partial charge in [0.1, 0.15) is 23.2 Å². The van der Waals surface area contributed by atoms with Gasteiger partial charge < -0.3 is 47.0 Å². The van der Waals surface area contributed by atoms with Crippen LogP contribution in [-0.4, -0.2) is 81.0 Å². The van der Waals surface area contributed by atoms with Crippen LogP contribution in [0.25, 0.3) is 0 Å². The Bertz CT molecular complexity index is 1870. The van der Waals surface area contributed by atoms with Gasteiger partial charge in [-0.2, -0.15) is 0 Å². The van der Waals surface area contributed by atoms with Crippen LogP contribution in [0.1, 0.15) is 88.5 Å². The summed E-state index contributed by atoms with van der Waals surface area (Å²) >= 11 is 0. The molecule has 0 spiro atoms. The SMILES string of the molecule is CC[C@@H](C)[C@H](NC(=O)O)C(=O)N1CCC[C@@]1(C(N)=O)c1ccc(CN(Cc2ccc([C@]3(C(N)=O)CCCN3C(=O)[C@@H](NC(=O)O)[C@H](C)CC)cc2)c2ccccc2)cc1. The number of nitrogens with zero attached hydrogens (tertiary/aromatic N) is 3. The summed E-state index contributed by atoms with van der Waals surface area (Å²) in [6.07, 6.45) is 0.109. The molecule has 6 atom stereocenters. The van der Waals surface area contributed by atoms with Crippen molar-refractivity contribution in [1.29, 1.82) is 0 Å². The van der Waals surface area contributed by atoms with Crippen molar-refractivity contribution in [2.24, 2.45) is 23.3 Å². The number of carbonyl (C=O) groups is 6. The van der Waals surface area contributed by atoms with Crippen molar-refractivity contribution in [2.75, 3.05) is 18.0 Å². The van der Waals surface area contributed by atoms with Gasteiger partial charge in [-0.3, -0.25) is 19.2 Å². The fourth-order valence-corrected chi connectivity index (χ4v) is 8.69. The summed E-state index contributed by atoms with van der Waals surface area (Å²) in [5.41, 5.74) is 13.2. The molecule has 2 aliphatic rings. The van der Waals surface area contributed by atoms with Crippen LogP contribution >= 0.6 is 0 Å². The van der Waals surface area contributed by atoms with E-state index in [9.17, 15) is 39.0 Å². The standard InChI is InChI=1S/C44H57N7O8/c1-5-28(3)35(47-41(56)57)37(52)50-24-10-22-43(50,39(45)54)32-18-14-30(15-19-32)26-49(34-12-8-7-9-13-34)27-31-16-20-33(21-17-31)44(40(46)55)23-11-25-51(44)38(53)36(29(4)6-2)48-42(58)59/h7-9,12-21,28-29,35-36,47-48H,5-6,10-11,22-27H2,1-4H3,(H2,45,54)(H2,46,55)(H,56,57)(H,58,59)/t28-,29-,35+,36+,43+,44+/m1/s1. The van der Waals surface area contributed by atoms with Crippen LogP contribution in [0.2, 0.25) is 0 Å². The average molecular weight is 812 g/mol. The second-order valence-corrected chi connectivity index (χ2v) is 15.8. The van der Waals surface area contributed by atoms with Crippen LogP contribution in [-0.2, 0) is 43.3 Å². The molecular formula is C44H57N7O8. The van der Waals surface area contributed by atoms with E-state index in [1.54, 1.807) is 13.8 Å². The minimum absolute atomic E-state index is 0.258. The number of hydrogen-bond donors (Lipinski definition) is 6. The predicted molar refractivity (Wildman–Crippen MR) is 222 cm³/mol. The number of nitrogens with two attached hydrogens (primary N) is 2. The molecule has 5 rings (SSSR count). The van der Waals surface area contributed by atoms with Crippen molar-refractivity contribution in [1.82, 2.24) is 20.4 Å². The Balaban J connectivity index is 1.41. The zero-order chi connectivity index (χ0) is 43.1. The third-order valence-corrected chi connectivity index (χ3v) is 12.4. The summed E-state index contributed by atoms with van der Waals surface area (Å²) in [5.74, 6) is -2.95. The third kappa shape index (κ3) is 8.98. The summed E-state index contributed by atoms with van der Waals surface area (Å²) in [4.78, 5) is 82.8. The van der Waals surface area contributed by atoms with Crippen molar-refractivity contribution in [3.05, 3.63) is 101 Å². The van der Waals surface area contributed by atoms with Crippen molar-refractivity contribution >= 4 is 41.5 Å². The van der Waals surface area contributed by atoms with E-state index in [0.717, 1.165) is 16.8 Å². The molecule has 2 fully saturated rings. The minimum atomic E-state index is -1.44. The Morgan fingerprint density at radius 3 is 1.34 bits per heavy atom. The van der Waals surface area contributed by atoms with Crippen LogP contribution in [0.15, 0.2) is 78.9 Å². The molecule has 0 saturated carbocycles. The molecular weight excluding hydrogens is 755 g/mol. The maximum absolute atomic E-state index is 13.9. The van der Waals surface area contributed by atoms with Crippen molar-refractivity contribution in [3.63, 3.8) is 0 Å². The lowest BCUT2D eigenvalue weighted by Gasteiger charge is -2.39. The molecule has 0 unspecified atom stereocenters. The fraction of sp³-hybridized carbons (Fsp3) is 0.455. The smallest absolute Gasteiger partial charge is 0.405 e. The number of amides is 6. The van der Waals surface area contributed by atoms with Crippen molar-refractivity contribution in [2.45, 2.75) is 102 Å². The van der Waals surface area contributed by atoms with Crippen molar-refractivity contribution in [3.8, 4) is 0 Å². The lowest BCUT2D eigenvalue weighted by molar-refractivity contribution is -0.146. The normalized spacial score (nSPS) is 20.9. The van der Waals surface area contributed by atoms with Gasteiger partial charge in [-0.1, -0.05) is 107 Å². The van der Waals surface area contributed by atoms with E-state index in [1.807, 2.05) is 92.7 Å². The van der Waals surface area contributed by atoms with Gasteiger partial charge in [0.05, 0.1) is 0 Å². The molecule has 0 radical (unpaired) electrons. The molecule has 15 heteroatoms. The van der Waals surface area contributed by atoms with Gasteiger partial charge in [0.15, 0.2) is 0 Å². The van der Waals surface area contributed by atoms with Crippen molar-refractivity contribution < 1.29 is 39.0 Å². The van der Waals surface area contributed by atoms with E-state index in [2.05, 4.69) is 15.5 Å². The molecule has 316 valence electrons. The third-order valence-electron chi connectivity index (χ3n) is 12.4. The molecule has 0 aromatic heterocycles. The summed E-state index contributed by atoms with van der Waals surface area (Å²) in [6, 6.07) is 22.6. The molecule has 8 N–H and O–H groups in total. The van der Waals surface area contributed by atoms with Gasteiger partial charge in [-0.25, -0.2) is 9.59 Å². The first kappa shape index (κ1) is 44.0. The Kier molecular flexibility index (Phi) is 13.9. The lowest BCUT2D eigenvalue weighted by Crippen LogP contribution is -2.59. The van der Waals surface area contributed by atoms with E-state index in [4.69, 9.17) is 11.5 Å². The van der Waals surface area contributed by atoms with E-state index < -0.39 is 59.0 Å². The Morgan fingerprint density at radius 2 is 1.02 bits per heavy atom. The van der Waals surface area contributed by atoms with Crippen LogP contribution in [0.4, 0.5) is 15.3 Å². The van der Waals surface area contributed by atoms with Crippen LogP contribution in [0.5, 0.6) is 0 Å². The number of carboxylic acid groups (broad SMARTS) is 2. The number of carbonyl (C=O) groups excluding carboxylic acids is 4. The maximum atomic E-state index is 13.9. The highest BCUT2D eigenvalue weighted by atomic mass is 16.4. The number of likely N-dealkylation sites (tertiary alicyclic amines) is 2. The summed E-state index contributed by atoms with van der Waals surface area (Å²) in [7, 11) is 0. The first-order valence-corrected chi connectivity index (χ1v) is 20.3. The molecule has 15 nitrogen and oxygen atoms in total. The molecule has 2 heterocycles. The summed E-state index contributed by atoms with van der Waals surface area (Å²) < 4.78 is 0. The zero-order valence-corrected chi connectivity index (χ0v) is 34.2. The Morgan fingerprint density at radius 1 is 0.644 bits per heavy atom. The van der Waals surface area contributed by atoms with E-state index in [0.29, 0.717) is 62.7 Å². The van der Waals surface area contributed by atoms with E-state index >= 15 is 0 Å². The quantitative estimate of drug-likeness (QED) is 0.109. The average Bonchev–Trinajstić information content (AvgIpc) is 3.89. The second-order valence-electron chi connectivity index (χ2n) is 15.8. The number of para-hydroxylation sites is 1. The molecule has 3 aromatic carbocycles. The molecule has 59 heavy (non-hydrogen) atoms. The van der Waals surface area contributed by atoms with Gasteiger partial charge in [0.2, 0.25) is 23.6 Å². The largest absolute Gasteiger partial charge is 0.465 e. The predicted octanol–water partition coefficient (Wildman–Crippen LogP) is 4.86. The molecule has 2 saturated heterocycles. The van der Waals surface area contributed by atoms with E-state index in [1.165, 1.54) is 9.80 Å². The molecule has 6 amide bonds. The second kappa shape index (κ2) is 18.6. The number of rotatable bonds is 17.